The monoisotopic (exact) mass is 374 g/mol. The lowest BCUT2D eigenvalue weighted by Gasteiger charge is -2.33. The third kappa shape index (κ3) is 4.39. The van der Waals surface area contributed by atoms with Crippen molar-refractivity contribution in [3.8, 4) is 0 Å². The molecule has 1 unspecified atom stereocenters. The molecule has 2 saturated heterocycles. The standard InChI is InChI=1S/C19H26N4O2S/c24-19(23-8-10-25-11-9-23)6-4-15-2-1-7-22(13-15)14-16-3-5-17-18(12-16)21-26-20-17/h3,5,12,15H,1-2,4,6-11,13-14H2. The summed E-state index contributed by atoms with van der Waals surface area (Å²) in [6.45, 7) is 6.06. The summed E-state index contributed by atoms with van der Waals surface area (Å²) in [5, 5.41) is 0. The maximum atomic E-state index is 12.4. The molecule has 0 aliphatic carbocycles. The fourth-order valence-electron chi connectivity index (χ4n) is 4.01. The van der Waals surface area contributed by atoms with E-state index in [0.717, 1.165) is 50.2 Å². The second kappa shape index (κ2) is 8.41. The highest BCUT2D eigenvalue weighted by Gasteiger charge is 2.23. The Labute approximate surface area is 158 Å². The number of rotatable bonds is 5. The van der Waals surface area contributed by atoms with Crippen molar-refractivity contribution < 1.29 is 9.53 Å². The Hall–Kier alpha value is -1.57. The number of aromatic nitrogens is 2. The number of ether oxygens (including phenoxy) is 1. The van der Waals surface area contributed by atoms with Gasteiger partial charge in [0, 0.05) is 32.6 Å². The number of carbonyl (C=O) groups is 1. The van der Waals surface area contributed by atoms with E-state index in [-0.39, 0.29) is 0 Å². The molecular weight excluding hydrogens is 348 g/mol. The summed E-state index contributed by atoms with van der Waals surface area (Å²) in [6, 6.07) is 6.39. The molecule has 1 atom stereocenters. The molecule has 3 heterocycles. The molecule has 1 aromatic carbocycles. The van der Waals surface area contributed by atoms with Crippen molar-refractivity contribution in [3.05, 3.63) is 23.8 Å². The molecule has 2 aliphatic rings. The molecular formula is C19H26N4O2S. The zero-order valence-electron chi connectivity index (χ0n) is 15.1. The van der Waals surface area contributed by atoms with Crippen LogP contribution in [0.15, 0.2) is 18.2 Å². The van der Waals surface area contributed by atoms with Crippen molar-refractivity contribution in [2.24, 2.45) is 5.92 Å². The smallest absolute Gasteiger partial charge is 0.222 e. The fraction of sp³-hybridized carbons (Fsp3) is 0.632. The number of nitrogens with zero attached hydrogens (tertiary/aromatic N) is 4. The quantitative estimate of drug-likeness (QED) is 0.805. The van der Waals surface area contributed by atoms with Crippen molar-refractivity contribution in [2.75, 3.05) is 39.4 Å². The van der Waals surface area contributed by atoms with Crippen LogP contribution < -0.4 is 0 Å². The van der Waals surface area contributed by atoms with Crippen molar-refractivity contribution >= 4 is 28.7 Å². The van der Waals surface area contributed by atoms with E-state index in [9.17, 15) is 4.79 Å². The fourth-order valence-corrected chi connectivity index (χ4v) is 4.53. The average molecular weight is 375 g/mol. The summed E-state index contributed by atoms with van der Waals surface area (Å²) >= 11 is 1.27. The maximum absolute atomic E-state index is 12.4. The number of fused-ring (bicyclic) bond motifs is 1. The van der Waals surface area contributed by atoms with E-state index in [1.807, 2.05) is 4.90 Å². The van der Waals surface area contributed by atoms with Gasteiger partial charge in [-0.2, -0.15) is 8.75 Å². The van der Waals surface area contributed by atoms with Crippen LogP contribution in [0, 0.1) is 5.92 Å². The highest BCUT2D eigenvalue weighted by atomic mass is 32.1. The van der Waals surface area contributed by atoms with Crippen LogP contribution in [0.1, 0.15) is 31.2 Å². The van der Waals surface area contributed by atoms with Gasteiger partial charge < -0.3 is 9.64 Å². The Morgan fingerprint density at radius 1 is 1.19 bits per heavy atom. The van der Waals surface area contributed by atoms with Gasteiger partial charge in [-0.1, -0.05) is 6.07 Å². The highest BCUT2D eigenvalue weighted by Crippen LogP contribution is 2.24. The summed E-state index contributed by atoms with van der Waals surface area (Å²) in [6.07, 6.45) is 4.13. The second-order valence-electron chi connectivity index (χ2n) is 7.36. The molecule has 2 fully saturated rings. The number of morpholine rings is 1. The molecule has 1 aromatic heterocycles. The van der Waals surface area contributed by atoms with Crippen LogP contribution in [0.3, 0.4) is 0 Å². The molecule has 7 heteroatoms. The van der Waals surface area contributed by atoms with E-state index < -0.39 is 0 Å². The first-order valence-corrected chi connectivity index (χ1v) is 10.3. The van der Waals surface area contributed by atoms with Gasteiger partial charge in [0.15, 0.2) is 0 Å². The van der Waals surface area contributed by atoms with Crippen LogP contribution in [0.5, 0.6) is 0 Å². The van der Waals surface area contributed by atoms with Gasteiger partial charge in [0.25, 0.3) is 0 Å². The third-order valence-electron chi connectivity index (χ3n) is 5.46. The molecule has 0 radical (unpaired) electrons. The lowest BCUT2D eigenvalue weighted by molar-refractivity contribution is -0.135. The van der Waals surface area contributed by atoms with Crippen molar-refractivity contribution in [1.29, 1.82) is 0 Å². The van der Waals surface area contributed by atoms with Gasteiger partial charge in [0.2, 0.25) is 5.91 Å². The zero-order valence-corrected chi connectivity index (χ0v) is 15.9. The van der Waals surface area contributed by atoms with E-state index in [4.69, 9.17) is 4.74 Å². The van der Waals surface area contributed by atoms with Crippen molar-refractivity contribution in [1.82, 2.24) is 18.5 Å². The van der Waals surface area contributed by atoms with E-state index >= 15 is 0 Å². The van der Waals surface area contributed by atoms with E-state index in [1.165, 1.54) is 30.1 Å². The molecule has 2 aliphatic heterocycles. The number of amides is 1. The third-order valence-corrected chi connectivity index (χ3v) is 6.01. The van der Waals surface area contributed by atoms with Crippen LogP contribution in [-0.2, 0) is 16.1 Å². The van der Waals surface area contributed by atoms with Crippen LogP contribution in [0.4, 0.5) is 0 Å². The summed E-state index contributed by atoms with van der Waals surface area (Å²) in [5.41, 5.74) is 3.28. The Morgan fingerprint density at radius 2 is 2.04 bits per heavy atom. The molecule has 1 amide bonds. The van der Waals surface area contributed by atoms with Crippen LogP contribution in [0.2, 0.25) is 0 Å². The average Bonchev–Trinajstić information content (AvgIpc) is 3.15. The van der Waals surface area contributed by atoms with Crippen LogP contribution in [0.25, 0.3) is 11.0 Å². The van der Waals surface area contributed by atoms with Gasteiger partial charge in [-0.25, -0.2) is 0 Å². The Kier molecular flexibility index (Phi) is 5.77. The van der Waals surface area contributed by atoms with Gasteiger partial charge in [-0.15, -0.1) is 0 Å². The molecule has 6 nitrogen and oxygen atoms in total. The van der Waals surface area contributed by atoms with Gasteiger partial charge in [0.05, 0.1) is 24.9 Å². The predicted molar refractivity (Wildman–Crippen MR) is 102 cm³/mol. The Morgan fingerprint density at radius 3 is 2.92 bits per heavy atom. The number of carbonyl (C=O) groups excluding carboxylic acids is 1. The Balaban J connectivity index is 1.27. The van der Waals surface area contributed by atoms with Crippen molar-refractivity contribution in [2.45, 2.75) is 32.2 Å². The number of benzene rings is 1. The van der Waals surface area contributed by atoms with E-state index in [0.29, 0.717) is 31.5 Å². The molecule has 0 spiro atoms. The summed E-state index contributed by atoms with van der Waals surface area (Å²) < 4.78 is 13.9. The topological polar surface area (TPSA) is 58.6 Å². The molecule has 4 rings (SSSR count). The first-order valence-electron chi connectivity index (χ1n) is 9.57. The lowest BCUT2D eigenvalue weighted by atomic mass is 9.92. The number of hydrogen-bond donors (Lipinski definition) is 0. The normalized spacial score (nSPS) is 22.0. The van der Waals surface area contributed by atoms with Gasteiger partial charge >= 0.3 is 0 Å². The van der Waals surface area contributed by atoms with Gasteiger partial charge in [-0.05, 0) is 49.4 Å². The molecule has 0 N–H and O–H groups in total. The summed E-state index contributed by atoms with van der Waals surface area (Å²) in [4.78, 5) is 16.8. The molecule has 26 heavy (non-hydrogen) atoms. The largest absolute Gasteiger partial charge is 0.378 e. The molecule has 0 bridgehead atoms. The molecule has 2 aromatic rings. The number of likely N-dealkylation sites (tertiary alicyclic amines) is 1. The summed E-state index contributed by atoms with van der Waals surface area (Å²) in [7, 11) is 0. The number of hydrogen-bond acceptors (Lipinski definition) is 6. The van der Waals surface area contributed by atoms with Gasteiger partial charge in [0.1, 0.15) is 11.0 Å². The minimum absolute atomic E-state index is 0.298. The van der Waals surface area contributed by atoms with Crippen molar-refractivity contribution in [3.63, 3.8) is 0 Å². The SMILES string of the molecule is O=C(CCC1CCCN(Cc2ccc3nsnc3c2)C1)N1CCOCC1. The maximum Gasteiger partial charge on any atom is 0.222 e. The summed E-state index contributed by atoms with van der Waals surface area (Å²) in [5.74, 6) is 0.922. The highest BCUT2D eigenvalue weighted by molar-refractivity contribution is 7.00. The minimum atomic E-state index is 0.298. The molecule has 0 saturated carbocycles. The van der Waals surface area contributed by atoms with E-state index in [2.05, 4.69) is 31.8 Å². The zero-order chi connectivity index (χ0) is 17.8. The Bertz CT molecular complexity index is 744. The first kappa shape index (κ1) is 17.8. The molecule has 140 valence electrons. The van der Waals surface area contributed by atoms with E-state index in [1.54, 1.807) is 0 Å². The first-order chi connectivity index (χ1) is 12.8. The van der Waals surface area contributed by atoms with Gasteiger partial charge in [-0.3, -0.25) is 9.69 Å². The van der Waals surface area contributed by atoms with Crippen LogP contribution >= 0.6 is 11.7 Å². The number of piperidine rings is 1. The van der Waals surface area contributed by atoms with Crippen LogP contribution in [-0.4, -0.2) is 63.8 Å². The predicted octanol–water partition coefficient (Wildman–Crippen LogP) is 2.54. The second-order valence-corrected chi connectivity index (χ2v) is 7.89. The lowest BCUT2D eigenvalue weighted by Crippen LogP contribution is -2.41. The minimum Gasteiger partial charge on any atom is -0.378 e.